The first-order valence-corrected chi connectivity index (χ1v) is 11.4. The van der Waals surface area contributed by atoms with Crippen LogP contribution in [0.25, 0.3) is 0 Å². The van der Waals surface area contributed by atoms with E-state index in [9.17, 15) is 9.59 Å². The van der Waals surface area contributed by atoms with Gasteiger partial charge in [-0.15, -0.1) is 0 Å². The first-order chi connectivity index (χ1) is 13.2. The Hall–Kier alpha value is -1.89. The molecule has 1 atom stereocenters. The van der Waals surface area contributed by atoms with Gasteiger partial charge in [-0.1, -0.05) is 0 Å². The molecule has 0 N–H and O–H groups in total. The van der Waals surface area contributed by atoms with Crippen LogP contribution in [0.15, 0.2) is 48.5 Å². The number of benzene rings is 2. The van der Waals surface area contributed by atoms with Gasteiger partial charge >= 0.3 is 172 Å². The van der Waals surface area contributed by atoms with Crippen molar-refractivity contribution in [1.82, 2.24) is 0 Å². The Morgan fingerprint density at radius 2 is 1.85 bits per heavy atom. The monoisotopic (exact) mass is 481 g/mol. The normalized spacial score (nSPS) is 11.8. The second kappa shape index (κ2) is 11.7. The molecule has 146 valence electrons. The molecule has 27 heavy (non-hydrogen) atoms. The number of carbonyl (C=O) groups is 2. The third-order valence-electron chi connectivity index (χ3n) is 4.19. The van der Waals surface area contributed by atoms with E-state index in [4.69, 9.17) is 9.47 Å². The maximum absolute atomic E-state index is 12.2. The van der Waals surface area contributed by atoms with Crippen molar-refractivity contribution in [1.29, 1.82) is 0 Å². The Morgan fingerprint density at radius 3 is 2.56 bits per heavy atom. The molecule has 0 amide bonds. The van der Waals surface area contributed by atoms with Crippen molar-refractivity contribution in [3.63, 3.8) is 0 Å². The van der Waals surface area contributed by atoms with E-state index in [0.29, 0.717) is 25.2 Å². The number of carbonyl (C=O) groups excluding carboxylic acids is 2. The Bertz CT molecular complexity index is 745. The molecule has 4 nitrogen and oxygen atoms in total. The number of ether oxygens (including phenoxy) is 2. The molecule has 0 aliphatic rings. The summed E-state index contributed by atoms with van der Waals surface area (Å²) in [7, 11) is 0. The maximum atomic E-state index is 12.2. The minimum atomic E-state index is -0.410. The van der Waals surface area contributed by atoms with Crippen LogP contribution < -0.4 is 21.2 Å². The van der Waals surface area contributed by atoms with Crippen LogP contribution in [0.4, 0.5) is 0 Å². The molecule has 0 saturated carbocycles. The van der Waals surface area contributed by atoms with Gasteiger partial charge in [0.1, 0.15) is 0 Å². The van der Waals surface area contributed by atoms with Crippen molar-refractivity contribution < 1.29 is 40.3 Å². The molecule has 0 bridgehead atoms. The van der Waals surface area contributed by atoms with Gasteiger partial charge in [0.25, 0.3) is 0 Å². The minimum absolute atomic E-state index is 0.207. The fraction of sp³-hybridized carbons (Fsp3) is 0.364. The summed E-state index contributed by atoms with van der Waals surface area (Å²) in [5, 5.41) is 0. The average Bonchev–Trinajstić information content (AvgIpc) is 2.69. The Labute approximate surface area is 171 Å². The van der Waals surface area contributed by atoms with E-state index < -0.39 is 21.2 Å². The zero-order valence-electron chi connectivity index (χ0n) is 15.8. The topological polar surface area (TPSA) is 52.6 Å². The molecule has 0 aromatic heterocycles. The van der Waals surface area contributed by atoms with E-state index in [1.807, 2.05) is 18.2 Å². The fourth-order valence-corrected chi connectivity index (χ4v) is 5.12. The van der Waals surface area contributed by atoms with Gasteiger partial charge in [-0.25, -0.2) is 0 Å². The summed E-state index contributed by atoms with van der Waals surface area (Å²) in [4.78, 5) is 22.6. The number of hydrogen-bond donors (Lipinski definition) is 0. The van der Waals surface area contributed by atoms with Gasteiger partial charge in [-0.05, 0) is 0 Å². The fourth-order valence-electron chi connectivity index (χ4n) is 2.62. The van der Waals surface area contributed by atoms with E-state index in [0.717, 1.165) is 19.3 Å². The Kier molecular flexibility index (Phi) is 9.31. The van der Waals surface area contributed by atoms with Crippen LogP contribution in [0.2, 0.25) is 0 Å². The average molecular weight is 481 g/mol. The summed E-state index contributed by atoms with van der Waals surface area (Å²) in [6, 6.07) is 16.2. The molecule has 2 aromatic rings. The summed E-state index contributed by atoms with van der Waals surface area (Å²) >= 11 is -0.410. The van der Waals surface area contributed by atoms with Crippen LogP contribution in [0, 0.1) is 7.14 Å². The van der Waals surface area contributed by atoms with E-state index in [1.54, 1.807) is 0 Å². The molecular formula is C22H26IO4-. The SMILES string of the molecule is CCCCOC(=O)c1cccc([I-]c2cccc(C(CC)COC=O)c2)c1. The van der Waals surface area contributed by atoms with E-state index >= 15 is 0 Å². The van der Waals surface area contributed by atoms with Crippen LogP contribution in [-0.4, -0.2) is 25.7 Å². The predicted molar refractivity (Wildman–Crippen MR) is 101 cm³/mol. The van der Waals surface area contributed by atoms with Crippen molar-refractivity contribution >= 4 is 12.4 Å². The molecule has 0 fully saturated rings. The summed E-state index contributed by atoms with van der Waals surface area (Å²) in [6.07, 6.45) is 2.80. The number of unbranched alkanes of at least 4 members (excludes halogenated alkanes) is 1. The molecule has 0 spiro atoms. The summed E-state index contributed by atoms with van der Waals surface area (Å²) < 4.78 is 12.7. The van der Waals surface area contributed by atoms with E-state index in [-0.39, 0.29) is 11.9 Å². The molecule has 2 rings (SSSR count). The van der Waals surface area contributed by atoms with Crippen LogP contribution in [-0.2, 0) is 14.3 Å². The molecule has 0 saturated heterocycles. The second-order valence-corrected chi connectivity index (χ2v) is 9.21. The quantitative estimate of drug-likeness (QED) is 0.211. The van der Waals surface area contributed by atoms with Gasteiger partial charge < -0.3 is 0 Å². The number of halogens is 1. The van der Waals surface area contributed by atoms with Crippen molar-refractivity contribution in [2.75, 3.05) is 13.2 Å². The summed E-state index contributed by atoms with van der Waals surface area (Å²) in [5.74, 6) is -0.0425. The van der Waals surface area contributed by atoms with Crippen molar-refractivity contribution in [3.8, 4) is 0 Å². The Balaban J connectivity index is 2.08. The zero-order valence-corrected chi connectivity index (χ0v) is 18.0. The number of rotatable bonds is 11. The number of esters is 1. The van der Waals surface area contributed by atoms with Crippen LogP contribution in [0.1, 0.15) is 54.9 Å². The molecule has 0 aliphatic carbocycles. The Morgan fingerprint density at radius 1 is 1.11 bits per heavy atom. The molecule has 2 aromatic carbocycles. The van der Waals surface area contributed by atoms with Gasteiger partial charge in [0.2, 0.25) is 0 Å². The number of hydrogen-bond acceptors (Lipinski definition) is 4. The second-order valence-electron chi connectivity index (χ2n) is 6.18. The first kappa shape index (κ1) is 21.4. The predicted octanol–water partition coefficient (Wildman–Crippen LogP) is 1.44. The molecular weight excluding hydrogens is 455 g/mol. The summed E-state index contributed by atoms with van der Waals surface area (Å²) in [5.41, 5.74) is 1.80. The zero-order chi connectivity index (χ0) is 19.5. The van der Waals surface area contributed by atoms with Gasteiger partial charge in [-0.3, -0.25) is 0 Å². The van der Waals surface area contributed by atoms with E-state index in [2.05, 4.69) is 44.2 Å². The third-order valence-corrected chi connectivity index (χ3v) is 6.78. The van der Waals surface area contributed by atoms with Crippen molar-refractivity contribution in [2.24, 2.45) is 0 Å². The van der Waals surface area contributed by atoms with Gasteiger partial charge in [0.15, 0.2) is 0 Å². The molecule has 0 heterocycles. The summed E-state index contributed by atoms with van der Waals surface area (Å²) in [6.45, 7) is 5.54. The van der Waals surface area contributed by atoms with Crippen molar-refractivity contribution in [2.45, 2.75) is 39.0 Å². The van der Waals surface area contributed by atoms with Crippen LogP contribution in [0.5, 0.6) is 0 Å². The van der Waals surface area contributed by atoms with Gasteiger partial charge in [-0.2, -0.15) is 0 Å². The third kappa shape index (κ3) is 6.97. The molecule has 0 radical (unpaired) electrons. The first-order valence-electron chi connectivity index (χ1n) is 9.25. The van der Waals surface area contributed by atoms with Crippen LogP contribution >= 0.6 is 0 Å². The molecule has 0 aliphatic heterocycles. The standard InChI is InChI=1S/C22H26IO4/c1-3-5-12-27-22(25)19-9-7-11-21(14-19)23-20-10-6-8-18(13-20)17(4-2)15-26-16-24/h6-11,13-14,16-17H,3-5,12,15H2,1-2H3/q-1. The molecule has 5 heteroatoms. The van der Waals surface area contributed by atoms with Crippen molar-refractivity contribution in [3.05, 3.63) is 66.8 Å². The van der Waals surface area contributed by atoms with Gasteiger partial charge in [0, 0.05) is 0 Å². The van der Waals surface area contributed by atoms with Gasteiger partial charge in [0.05, 0.1) is 0 Å². The van der Waals surface area contributed by atoms with E-state index in [1.165, 1.54) is 12.7 Å². The van der Waals surface area contributed by atoms with Crippen LogP contribution in [0.3, 0.4) is 0 Å². The molecule has 1 unspecified atom stereocenters.